The van der Waals surface area contributed by atoms with Crippen LogP contribution in [0.4, 0.5) is 5.95 Å². The van der Waals surface area contributed by atoms with Crippen LogP contribution in [-0.2, 0) is 4.74 Å². The second-order valence-electron chi connectivity index (χ2n) is 5.14. The van der Waals surface area contributed by atoms with Gasteiger partial charge >= 0.3 is 6.01 Å². The average molecular weight is 373 g/mol. The number of hydrogen-bond acceptors (Lipinski definition) is 9. The van der Waals surface area contributed by atoms with Crippen LogP contribution in [0.5, 0.6) is 11.9 Å². The minimum atomic E-state index is 0.221. The zero-order valence-electron chi connectivity index (χ0n) is 14.7. The Morgan fingerprint density at radius 1 is 1.12 bits per heavy atom. The molecule has 0 saturated heterocycles. The van der Waals surface area contributed by atoms with E-state index in [0.717, 1.165) is 16.1 Å². The third kappa shape index (κ3) is 4.06. The lowest BCUT2D eigenvalue weighted by atomic mass is 10.1. The highest BCUT2D eigenvalue weighted by atomic mass is 32.1. The first kappa shape index (κ1) is 18.0. The van der Waals surface area contributed by atoms with Crippen molar-refractivity contribution in [3.63, 3.8) is 0 Å². The minimum absolute atomic E-state index is 0.221. The largest absolute Gasteiger partial charge is 0.481 e. The Morgan fingerprint density at radius 2 is 2.00 bits per heavy atom. The molecule has 0 aliphatic heterocycles. The Morgan fingerprint density at radius 3 is 2.69 bits per heavy atom. The number of thiophene rings is 1. The van der Waals surface area contributed by atoms with E-state index in [1.807, 2.05) is 17.5 Å². The van der Waals surface area contributed by atoms with Crippen molar-refractivity contribution >= 4 is 17.3 Å². The molecular weight excluding hydrogens is 354 g/mol. The van der Waals surface area contributed by atoms with Gasteiger partial charge in [-0.3, -0.25) is 0 Å². The van der Waals surface area contributed by atoms with Gasteiger partial charge in [0.05, 0.1) is 37.1 Å². The lowest BCUT2D eigenvalue weighted by molar-refractivity contribution is 0.210. The average Bonchev–Trinajstić information content (AvgIpc) is 3.22. The van der Waals surface area contributed by atoms with Gasteiger partial charge in [0.1, 0.15) is 0 Å². The molecule has 0 amide bonds. The van der Waals surface area contributed by atoms with E-state index in [2.05, 4.69) is 25.3 Å². The number of ether oxygens (including phenoxy) is 3. The first-order chi connectivity index (χ1) is 12.7. The van der Waals surface area contributed by atoms with Crippen molar-refractivity contribution in [2.75, 3.05) is 39.8 Å². The Labute approximate surface area is 155 Å². The highest BCUT2D eigenvalue weighted by Gasteiger charge is 2.16. The molecule has 0 unspecified atom stereocenters. The molecule has 3 heterocycles. The van der Waals surface area contributed by atoms with E-state index in [0.29, 0.717) is 30.7 Å². The number of anilines is 1. The lowest BCUT2D eigenvalue weighted by Crippen LogP contribution is -2.10. The number of methoxy groups -OCH3 is 3. The van der Waals surface area contributed by atoms with Crippen molar-refractivity contribution in [3.8, 4) is 33.7 Å². The Hall–Kier alpha value is -2.78. The Balaban J connectivity index is 2.06. The van der Waals surface area contributed by atoms with E-state index in [-0.39, 0.29) is 6.01 Å². The van der Waals surface area contributed by atoms with Crippen LogP contribution in [0, 0.1) is 0 Å². The van der Waals surface area contributed by atoms with Gasteiger partial charge in [-0.25, -0.2) is 9.97 Å². The molecule has 1 N–H and O–H groups in total. The zero-order chi connectivity index (χ0) is 18.4. The van der Waals surface area contributed by atoms with E-state index in [4.69, 9.17) is 14.2 Å². The molecular formula is C17H19N5O3S. The topological polar surface area (TPSA) is 91.3 Å². The van der Waals surface area contributed by atoms with Crippen molar-refractivity contribution in [1.82, 2.24) is 19.9 Å². The number of rotatable bonds is 8. The summed E-state index contributed by atoms with van der Waals surface area (Å²) in [4.78, 5) is 18.6. The Kier molecular flexibility index (Phi) is 5.92. The molecule has 0 bridgehead atoms. The van der Waals surface area contributed by atoms with Gasteiger partial charge in [-0.05, 0) is 11.4 Å². The fraction of sp³-hybridized carbons (Fsp3) is 0.294. The van der Waals surface area contributed by atoms with Crippen molar-refractivity contribution in [3.05, 3.63) is 29.8 Å². The molecule has 0 saturated carbocycles. The highest BCUT2D eigenvalue weighted by Crippen LogP contribution is 2.34. The molecule has 0 aliphatic rings. The first-order valence-electron chi connectivity index (χ1n) is 7.86. The molecule has 136 valence electrons. The third-order valence-electron chi connectivity index (χ3n) is 3.48. The van der Waals surface area contributed by atoms with Crippen LogP contribution in [0.15, 0.2) is 29.8 Å². The smallest absolute Gasteiger partial charge is 0.320 e. The van der Waals surface area contributed by atoms with Crippen LogP contribution in [0.2, 0.25) is 0 Å². The summed E-state index contributed by atoms with van der Waals surface area (Å²) in [6, 6.07) is 5.94. The number of aromatic nitrogens is 4. The first-order valence-corrected chi connectivity index (χ1v) is 8.74. The second-order valence-corrected chi connectivity index (χ2v) is 6.08. The zero-order valence-corrected chi connectivity index (χ0v) is 15.5. The van der Waals surface area contributed by atoms with Gasteiger partial charge in [-0.15, -0.1) is 11.3 Å². The summed E-state index contributed by atoms with van der Waals surface area (Å²) in [5, 5.41) is 5.15. The minimum Gasteiger partial charge on any atom is -0.481 e. The molecule has 3 aromatic rings. The number of hydrogen-bond donors (Lipinski definition) is 1. The molecule has 0 aliphatic carbocycles. The van der Waals surface area contributed by atoms with Crippen molar-refractivity contribution in [2.24, 2.45) is 0 Å². The predicted molar refractivity (Wildman–Crippen MR) is 99.8 cm³/mol. The van der Waals surface area contributed by atoms with Crippen LogP contribution in [0.3, 0.4) is 0 Å². The molecule has 0 fully saturated rings. The molecule has 8 nitrogen and oxygen atoms in total. The van der Waals surface area contributed by atoms with Gasteiger partial charge in [-0.2, -0.15) is 9.97 Å². The summed E-state index contributed by atoms with van der Waals surface area (Å²) >= 11 is 1.59. The van der Waals surface area contributed by atoms with Crippen molar-refractivity contribution < 1.29 is 14.2 Å². The summed E-state index contributed by atoms with van der Waals surface area (Å²) in [5.74, 6) is 0.938. The maximum absolute atomic E-state index is 5.24. The van der Waals surface area contributed by atoms with Gasteiger partial charge < -0.3 is 19.5 Å². The summed E-state index contributed by atoms with van der Waals surface area (Å²) in [5.41, 5.74) is 2.17. The summed E-state index contributed by atoms with van der Waals surface area (Å²) in [6.07, 6.45) is 1.73. The van der Waals surface area contributed by atoms with E-state index in [1.54, 1.807) is 37.8 Å². The van der Waals surface area contributed by atoms with Crippen molar-refractivity contribution in [1.29, 1.82) is 0 Å². The van der Waals surface area contributed by atoms with Gasteiger partial charge in [0.2, 0.25) is 11.8 Å². The fourth-order valence-corrected chi connectivity index (χ4v) is 2.99. The molecule has 3 aromatic heterocycles. The third-order valence-corrected chi connectivity index (χ3v) is 4.36. The molecule has 0 atom stereocenters. The van der Waals surface area contributed by atoms with Gasteiger partial charge in [-0.1, -0.05) is 6.07 Å². The van der Waals surface area contributed by atoms with Gasteiger partial charge in [0.15, 0.2) is 0 Å². The molecule has 0 aromatic carbocycles. The summed E-state index contributed by atoms with van der Waals surface area (Å²) in [6.45, 7) is 1.19. The molecule has 3 rings (SSSR count). The molecule has 26 heavy (non-hydrogen) atoms. The fourth-order valence-electron chi connectivity index (χ4n) is 2.26. The second kappa shape index (κ2) is 8.54. The van der Waals surface area contributed by atoms with E-state index < -0.39 is 0 Å². The van der Waals surface area contributed by atoms with Crippen LogP contribution >= 0.6 is 11.3 Å². The maximum atomic E-state index is 5.24. The van der Waals surface area contributed by atoms with Crippen LogP contribution in [0.25, 0.3) is 21.8 Å². The van der Waals surface area contributed by atoms with Gasteiger partial charge in [0.25, 0.3) is 0 Å². The molecule has 9 heteroatoms. The Bertz CT molecular complexity index is 835. The summed E-state index contributed by atoms with van der Waals surface area (Å²) in [7, 11) is 4.71. The number of nitrogens with zero attached hydrogens (tertiary/aromatic N) is 4. The lowest BCUT2D eigenvalue weighted by Gasteiger charge is -2.11. The molecule has 0 spiro atoms. The van der Waals surface area contributed by atoms with E-state index in [9.17, 15) is 0 Å². The summed E-state index contributed by atoms with van der Waals surface area (Å²) < 4.78 is 15.5. The predicted octanol–water partition coefficient (Wildman–Crippen LogP) is 2.74. The van der Waals surface area contributed by atoms with E-state index >= 15 is 0 Å². The van der Waals surface area contributed by atoms with Gasteiger partial charge in [0, 0.05) is 31.5 Å². The van der Waals surface area contributed by atoms with Crippen LogP contribution < -0.4 is 14.8 Å². The molecule has 0 radical (unpaired) electrons. The quantitative estimate of drug-likeness (QED) is 0.603. The monoisotopic (exact) mass is 373 g/mol. The maximum Gasteiger partial charge on any atom is 0.320 e. The SMILES string of the molecule is COCCNc1ncc(-c2cc(OC)nc(OC)n2)c(-c2cccs2)n1. The number of nitrogens with one attached hydrogen (secondary N) is 1. The standard InChI is InChI=1S/C17H19N5O3S/c1-23-7-6-18-16-19-10-11(15(22-16)13-5-4-8-26-13)12-9-14(24-2)21-17(20-12)25-3/h4-5,8-10H,6-7H2,1-3H3,(H,18,19,22). The van der Waals surface area contributed by atoms with Crippen molar-refractivity contribution in [2.45, 2.75) is 0 Å². The van der Waals surface area contributed by atoms with Crippen LogP contribution in [-0.4, -0.2) is 54.4 Å². The normalized spacial score (nSPS) is 10.6. The highest BCUT2D eigenvalue weighted by molar-refractivity contribution is 7.13. The van der Waals surface area contributed by atoms with Crippen LogP contribution in [0.1, 0.15) is 0 Å². The van der Waals surface area contributed by atoms with E-state index in [1.165, 1.54) is 7.11 Å².